The first-order valence-corrected chi connectivity index (χ1v) is 11.1. The van der Waals surface area contributed by atoms with Crippen LogP contribution in [0.2, 0.25) is 0 Å². The van der Waals surface area contributed by atoms with Crippen LogP contribution in [-0.4, -0.2) is 49.1 Å². The Morgan fingerprint density at radius 2 is 1.70 bits per heavy atom. The second-order valence-electron chi connectivity index (χ2n) is 7.33. The summed E-state index contributed by atoms with van der Waals surface area (Å²) in [5.41, 5.74) is 0.427. The highest BCUT2D eigenvalue weighted by atomic mass is 32.2. The quantitative estimate of drug-likeness (QED) is 0.829. The summed E-state index contributed by atoms with van der Waals surface area (Å²) in [5, 5.41) is 2.76. The number of hydrogen-bond donors (Lipinski definition) is 1. The van der Waals surface area contributed by atoms with E-state index < -0.39 is 16.1 Å². The van der Waals surface area contributed by atoms with Gasteiger partial charge in [0.2, 0.25) is 5.91 Å². The van der Waals surface area contributed by atoms with E-state index in [4.69, 9.17) is 0 Å². The largest absolute Gasteiger partial charge is 0.352 e. The highest BCUT2D eigenvalue weighted by Crippen LogP contribution is 2.23. The van der Waals surface area contributed by atoms with E-state index in [1.165, 1.54) is 10.4 Å². The molecule has 8 heteroatoms. The van der Waals surface area contributed by atoms with Gasteiger partial charge in [-0.15, -0.1) is 0 Å². The predicted molar refractivity (Wildman–Crippen MR) is 102 cm³/mol. The van der Waals surface area contributed by atoms with Crippen LogP contribution in [0.25, 0.3) is 0 Å². The number of carbonyl (C=O) groups excluding carboxylic acids is 1. The average Bonchev–Trinajstić information content (AvgIpc) is 2.97. The molecule has 2 aliphatic rings. The van der Waals surface area contributed by atoms with Crippen LogP contribution < -0.4 is 5.32 Å². The van der Waals surface area contributed by atoms with Crippen molar-refractivity contribution in [2.24, 2.45) is 5.92 Å². The lowest BCUT2D eigenvalue weighted by atomic mass is 9.99. The van der Waals surface area contributed by atoms with Crippen molar-refractivity contribution in [2.45, 2.75) is 45.1 Å². The minimum atomic E-state index is -3.52. The first kappa shape index (κ1) is 20.2. The zero-order valence-corrected chi connectivity index (χ0v) is 16.4. The van der Waals surface area contributed by atoms with Gasteiger partial charge in [0, 0.05) is 38.3 Å². The fourth-order valence-electron chi connectivity index (χ4n) is 3.77. The number of nitrogens with one attached hydrogen (secondary N) is 1. The Morgan fingerprint density at radius 3 is 2.41 bits per heavy atom. The van der Waals surface area contributed by atoms with Gasteiger partial charge in [0.25, 0.3) is 10.2 Å². The van der Waals surface area contributed by atoms with Gasteiger partial charge in [-0.2, -0.15) is 17.0 Å². The summed E-state index contributed by atoms with van der Waals surface area (Å²) in [4.78, 5) is 12.5. The van der Waals surface area contributed by atoms with Crippen LogP contribution in [0.4, 0.5) is 4.39 Å². The van der Waals surface area contributed by atoms with Gasteiger partial charge in [0.15, 0.2) is 0 Å². The van der Waals surface area contributed by atoms with Crippen LogP contribution >= 0.6 is 0 Å². The third-order valence-corrected chi connectivity index (χ3v) is 7.39. The summed E-state index contributed by atoms with van der Waals surface area (Å²) in [6.07, 6.45) is 5.21. The highest BCUT2D eigenvalue weighted by Gasteiger charge is 2.35. The van der Waals surface area contributed by atoms with Gasteiger partial charge in [0.1, 0.15) is 5.82 Å². The number of nitrogens with zero attached hydrogens (tertiary/aromatic N) is 2. The third kappa shape index (κ3) is 5.06. The molecule has 2 fully saturated rings. The number of carbonyl (C=O) groups is 1. The molecule has 0 bridgehead atoms. The van der Waals surface area contributed by atoms with Crippen LogP contribution in [0, 0.1) is 11.7 Å². The fraction of sp³-hybridized carbons (Fsp3) is 0.632. The molecule has 2 heterocycles. The Hall–Kier alpha value is -1.51. The molecular formula is C19H28FN3O3S. The molecule has 0 saturated carbocycles. The van der Waals surface area contributed by atoms with Crippen LogP contribution in [0.15, 0.2) is 24.3 Å². The molecule has 1 unspecified atom stereocenters. The van der Waals surface area contributed by atoms with E-state index in [0.717, 1.165) is 25.7 Å². The first-order chi connectivity index (χ1) is 13.0. The van der Waals surface area contributed by atoms with E-state index in [1.807, 2.05) is 0 Å². The van der Waals surface area contributed by atoms with Gasteiger partial charge in [-0.1, -0.05) is 31.0 Å². The van der Waals surface area contributed by atoms with Crippen molar-refractivity contribution in [1.29, 1.82) is 0 Å². The molecule has 0 spiro atoms. The Balaban J connectivity index is 1.59. The normalized spacial score (nSPS) is 22.9. The van der Waals surface area contributed by atoms with E-state index >= 15 is 0 Å². The summed E-state index contributed by atoms with van der Waals surface area (Å²) < 4.78 is 42.6. The van der Waals surface area contributed by atoms with Crippen molar-refractivity contribution in [3.63, 3.8) is 0 Å². The summed E-state index contributed by atoms with van der Waals surface area (Å²) in [6.45, 7) is 1.88. The minimum absolute atomic E-state index is 0.112. The molecule has 0 aromatic heterocycles. The third-order valence-electron chi connectivity index (χ3n) is 5.38. The van der Waals surface area contributed by atoms with Gasteiger partial charge < -0.3 is 5.32 Å². The molecule has 1 N–H and O–H groups in total. The predicted octanol–water partition coefficient (Wildman–Crippen LogP) is 2.27. The van der Waals surface area contributed by atoms with Gasteiger partial charge in [-0.25, -0.2) is 4.39 Å². The maximum absolute atomic E-state index is 13.7. The molecule has 3 rings (SSSR count). The number of piperidine rings is 1. The van der Waals surface area contributed by atoms with Gasteiger partial charge in [-0.3, -0.25) is 4.79 Å². The topological polar surface area (TPSA) is 69.7 Å². The average molecular weight is 398 g/mol. The van der Waals surface area contributed by atoms with Crippen molar-refractivity contribution in [2.75, 3.05) is 26.2 Å². The van der Waals surface area contributed by atoms with Gasteiger partial charge >= 0.3 is 0 Å². The Labute approximate surface area is 160 Å². The van der Waals surface area contributed by atoms with Gasteiger partial charge in [-0.05, 0) is 31.7 Å². The molecule has 0 aliphatic carbocycles. The Morgan fingerprint density at radius 1 is 1.04 bits per heavy atom. The minimum Gasteiger partial charge on any atom is -0.352 e. The number of halogens is 1. The van der Waals surface area contributed by atoms with Crippen LogP contribution in [0.5, 0.6) is 0 Å². The SMILES string of the molecule is O=C(NCc1ccccc1F)C1CCCN(S(=O)(=O)N2CCCCCC2)C1. The second-order valence-corrected chi connectivity index (χ2v) is 9.26. The molecule has 1 aromatic rings. The maximum atomic E-state index is 13.7. The van der Waals surface area contributed by atoms with Crippen molar-refractivity contribution in [1.82, 2.24) is 13.9 Å². The monoisotopic (exact) mass is 397 g/mol. The zero-order valence-electron chi connectivity index (χ0n) is 15.6. The summed E-state index contributed by atoms with van der Waals surface area (Å²) in [6, 6.07) is 6.32. The molecule has 150 valence electrons. The van der Waals surface area contributed by atoms with E-state index in [-0.39, 0.29) is 24.8 Å². The summed E-state index contributed by atoms with van der Waals surface area (Å²) in [7, 11) is -3.52. The lowest BCUT2D eigenvalue weighted by Crippen LogP contribution is -2.50. The first-order valence-electron chi connectivity index (χ1n) is 9.75. The lowest BCUT2D eigenvalue weighted by Gasteiger charge is -2.34. The Bertz CT molecular complexity index is 748. The molecule has 2 saturated heterocycles. The second kappa shape index (κ2) is 9.12. The van der Waals surface area contributed by atoms with E-state index in [1.54, 1.807) is 22.5 Å². The van der Waals surface area contributed by atoms with Crippen molar-refractivity contribution >= 4 is 16.1 Å². The fourth-order valence-corrected chi connectivity index (χ4v) is 5.54. The molecule has 1 atom stereocenters. The Kier molecular flexibility index (Phi) is 6.83. The molecule has 0 radical (unpaired) electrons. The number of benzene rings is 1. The summed E-state index contributed by atoms with van der Waals surface area (Å²) >= 11 is 0. The van der Waals surface area contributed by atoms with Crippen molar-refractivity contribution in [3.05, 3.63) is 35.6 Å². The molecular weight excluding hydrogens is 369 g/mol. The number of hydrogen-bond acceptors (Lipinski definition) is 3. The highest BCUT2D eigenvalue weighted by molar-refractivity contribution is 7.86. The van der Waals surface area contributed by atoms with Crippen LogP contribution in [0.3, 0.4) is 0 Å². The summed E-state index contributed by atoms with van der Waals surface area (Å²) in [5.74, 6) is -0.965. The van der Waals surface area contributed by atoms with Crippen LogP contribution in [0.1, 0.15) is 44.1 Å². The zero-order chi connectivity index (χ0) is 19.3. The molecule has 6 nitrogen and oxygen atoms in total. The maximum Gasteiger partial charge on any atom is 0.281 e. The number of rotatable bonds is 5. The molecule has 1 amide bonds. The lowest BCUT2D eigenvalue weighted by molar-refractivity contribution is -0.126. The molecule has 1 aromatic carbocycles. The van der Waals surface area contributed by atoms with Gasteiger partial charge in [0.05, 0.1) is 5.92 Å². The smallest absolute Gasteiger partial charge is 0.281 e. The van der Waals surface area contributed by atoms with Crippen molar-refractivity contribution in [3.8, 4) is 0 Å². The van der Waals surface area contributed by atoms with Crippen molar-refractivity contribution < 1.29 is 17.6 Å². The number of amides is 1. The standard InChI is InChI=1S/C19H28FN3O3S/c20-18-10-4-3-8-16(18)14-21-19(24)17-9-7-13-23(15-17)27(25,26)22-11-5-1-2-6-12-22/h3-4,8,10,17H,1-2,5-7,9,11-15H2,(H,21,24). The van der Waals surface area contributed by atoms with E-state index in [9.17, 15) is 17.6 Å². The van der Waals surface area contributed by atoms with Crippen LogP contribution in [-0.2, 0) is 21.5 Å². The van der Waals surface area contributed by atoms with E-state index in [2.05, 4.69) is 5.32 Å². The van der Waals surface area contributed by atoms with E-state index in [0.29, 0.717) is 38.0 Å². The molecule has 2 aliphatic heterocycles. The molecule has 27 heavy (non-hydrogen) atoms.